The number of nitrogens with one attached hydrogen (secondary N) is 1. The number of hydrogen-bond acceptors (Lipinski definition) is 5. The number of sulfonamides is 1. The number of fused-ring (bicyclic) bond motifs is 1. The highest BCUT2D eigenvalue weighted by molar-refractivity contribution is 7.89. The molecule has 3 rings (SSSR count). The zero-order valence-corrected chi connectivity index (χ0v) is 18.6. The first kappa shape index (κ1) is 22.7. The van der Waals surface area contributed by atoms with Crippen molar-refractivity contribution < 1.29 is 8.42 Å². The Hall–Kier alpha value is -2.03. The molecule has 0 unspecified atom stereocenters. The van der Waals surface area contributed by atoms with Gasteiger partial charge in [-0.05, 0) is 49.5 Å². The molecule has 0 fully saturated rings. The van der Waals surface area contributed by atoms with Crippen molar-refractivity contribution >= 4 is 32.4 Å². The van der Waals surface area contributed by atoms with Crippen LogP contribution in [-0.4, -0.2) is 45.0 Å². The standard InChI is InChI=1S/C22H27ClN4O2S/c1-27(13-4-5-17-8-10-19(15-24)25-16-17)14-12-26-30(28,29)21-11-9-18-6-2-3-7-20(18)22(21)23/h2-3,6-11,16,26H,4-5,12-15,24H2,1H3. The first-order valence-electron chi connectivity index (χ1n) is 9.90. The molecular formula is C22H27ClN4O2S. The van der Waals surface area contributed by atoms with Crippen molar-refractivity contribution in [1.29, 1.82) is 0 Å². The largest absolute Gasteiger partial charge is 0.325 e. The Labute approximate surface area is 183 Å². The molecule has 0 spiro atoms. The molecule has 160 valence electrons. The third-order valence-corrected chi connectivity index (χ3v) is 7.03. The average molecular weight is 447 g/mol. The maximum Gasteiger partial charge on any atom is 0.242 e. The van der Waals surface area contributed by atoms with E-state index in [0.29, 0.717) is 19.6 Å². The van der Waals surface area contributed by atoms with Gasteiger partial charge in [0.15, 0.2) is 0 Å². The molecule has 30 heavy (non-hydrogen) atoms. The van der Waals surface area contributed by atoms with Gasteiger partial charge in [-0.25, -0.2) is 13.1 Å². The summed E-state index contributed by atoms with van der Waals surface area (Å²) in [5.74, 6) is 0. The molecular weight excluding hydrogens is 420 g/mol. The Morgan fingerprint density at radius 1 is 1.10 bits per heavy atom. The van der Waals surface area contributed by atoms with Gasteiger partial charge in [0.1, 0.15) is 4.90 Å². The molecule has 6 nitrogen and oxygen atoms in total. The van der Waals surface area contributed by atoms with E-state index < -0.39 is 10.0 Å². The fourth-order valence-electron chi connectivity index (χ4n) is 3.26. The summed E-state index contributed by atoms with van der Waals surface area (Å²) in [6.07, 6.45) is 3.74. The quantitative estimate of drug-likeness (QED) is 0.499. The highest BCUT2D eigenvalue weighted by Crippen LogP contribution is 2.30. The number of rotatable bonds is 10. The lowest BCUT2D eigenvalue weighted by atomic mass is 10.1. The smallest absolute Gasteiger partial charge is 0.242 e. The maximum atomic E-state index is 12.7. The van der Waals surface area contributed by atoms with Crippen LogP contribution in [0.25, 0.3) is 10.8 Å². The number of halogens is 1. The second-order valence-electron chi connectivity index (χ2n) is 7.27. The van der Waals surface area contributed by atoms with Crippen LogP contribution < -0.4 is 10.5 Å². The molecule has 0 aliphatic heterocycles. The number of aryl methyl sites for hydroxylation is 1. The molecule has 1 aromatic heterocycles. The Morgan fingerprint density at radius 2 is 1.90 bits per heavy atom. The second-order valence-corrected chi connectivity index (χ2v) is 9.38. The second kappa shape index (κ2) is 10.3. The minimum Gasteiger partial charge on any atom is -0.325 e. The number of likely N-dealkylation sites (N-methyl/N-ethyl adjacent to an activating group) is 1. The molecule has 3 N–H and O–H groups in total. The van der Waals surface area contributed by atoms with Gasteiger partial charge in [0, 0.05) is 31.2 Å². The van der Waals surface area contributed by atoms with Crippen molar-refractivity contribution in [2.45, 2.75) is 24.3 Å². The summed E-state index contributed by atoms with van der Waals surface area (Å²) in [6.45, 7) is 2.23. The monoisotopic (exact) mass is 446 g/mol. The van der Waals surface area contributed by atoms with Crippen LogP contribution >= 0.6 is 11.6 Å². The minimum absolute atomic E-state index is 0.110. The number of benzene rings is 2. The molecule has 1 heterocycles. The van der Waals surface area contributed by atoms with Crippen molar-refractivity contribution in [3.63, 3.8) is 0 Å². The van der Waals surface area contributed by atoms with E-state index in [9.17, 15) is 8.42 Å². The number of aromatic nitrogens is 1. The van der Waals surface area contributed by atoms with Crippen molar-refractivity contribution in [3.05, 3.63) is 71.0 Å². The zero-order chi connectivity index (χ0) is 21.6. The van der Waals surface area contributed by atoms with Crippen LogP contribution in [0.2, 0.25) is 5.02 Å². The van der Waals surface area contributed by atoms with Crippen molar-refractivity contribution in [2.75, 3.05) is 26.7 Å². The number of hydrogen-bond donors (Lipinski definition) is 2. The van der Waals surface area contributed by atoms with Gasteiger partial charge in [-0.1, -0.05) is 48.0 Å². The first-order valence-corrected chi connectivity index (χ1v) is 11.8. The van der Waals surface area contributed by atoms with Crippen LogP contribution in [-0.2, 0) is 23.0 Å². The summed E-state index contributed by atoms with van der Waals surface area (Å²) in [7, 11) is -1.70. The van der Waals surface area contributed by atoms with E-state index in [2.05, 4.69) is 20.7 Å². The molecule has 0 saturated heterocycles. The third kappa shape index (κ3) is 5.77. The van der Waals surface area contributed by atoms with E-state index in [0.717, 1.165) is 35.9 Å². The fourth-order valence-corrected chi connectivity index (χ4v) is 4.91. The Morgan fingerprint density at radius 3 is 2.63 bits per heavy atom. The van der Waals surface area contributed by atoms with Gasteiger partial charge in [0.05, 0.1) is 10.7 Å². The number of nitrogens with zero attached hydrogens (tertiary/aromatic N) is 2. The predicted molar refractivity (Wildman–Crippen MR) is 122 cm³/mol. The van der Waals surface area contributed by atoms with Crippen LogP contribution in [0.3, 0.4) is 0 Å². The molecule has 2 aromatic carbocycles. The third-order valence-electron chi connectivity index (χ3n) is 5.00. The summed E-state index contributed by atoms with van der Waals surface area (Å²) >= 11 is 6.37. The summed E-state index contributed by atoms with van der Waals surface area (Å²) in [5.41, 5.74) is 7.62. The van der Waals surface area contributed by atoms with E-state index in [-0.39, 0.29) is 9.92 Å². The van der Waals surface area contributed by atoms with Gasteiger partial charge in [-0.3, -0.25) is 4.98 Å². The van der Waals surface area contributed by atoms with Crippen LogP contribution in [0.4, 0.5) is 0 Å². The summed E-state index contributed by atoms with van der Waals surface area (Å²) in [6, 6.07) is 14.8. The maximum absolute atomic E-state index is 12.7. The van der Waals surface area contributed by atoms with E-state index in [4.69, 9.17) is 17.3 Å². The predicted octanol–water partition coefficient (Wildman–Crippen LogP) is 3.19. The molecule has 0 atom stereocenters. The van der Waals surface area contributed by atoms with Gasteiger partial charge in [-0.15, -0.1) is 0 Å². The first-order chi connectivity index (χ1) is 14.4. The molecule has 0 amide bonds. The summed E-state index contributed by atoms with van der Waals surface area (Å²) in [4.78, 5) is 6.51. The number of pyridine rings is 1. The van der Waals surface area contributed by atoms with Crippen molar-refractivity contribution in [3.8, 4) is 0 Å². The minimum atomic E-state index is -3.68. The Kier molecular flexibility index (Phi) is 7.80. The highest BCUT2D eigenvalue weighted by Gasteiger charge is 2.19. The van der Waals surface area contributed by atoms with Crippen LogP contribution in [0.5, 0.6) is 0 Å². The van der Waals surface area contributed by atoms with E-state index in [1.807, 2.05) is 43.6 Å². The fraction of sp³-hybridized carbons (Fsp3) is 0.318. The lowest BCUT2D eigenvalue weighted by molar-refractivity contribution is 0.334. The molecule has 0 radical (unpaired) electrons. The van der Waals surface area contributed by atoms with Gasteiger partial charge >= 0.3 is 0 Å². The molecule has 0 bridgehead atoms. The number of nitrogens with two attached hydrogens (primary N) is 1. The van der Waals surface area contributed by atoms with Crippen LogP contribution in [0.15, 0.2) is 59.6 Å². The van der Waals surface area contributed by atoms with Gasteiger partial charge < -0.3 is 10.6 Å². The summed E-state index contributed by atoms with van der Waals surface area (Å²) < 4.78 is 28.1. The Bertz CT molecular complexity index is 1090. The molecule has 0 aliphatic carbocycles. The molecule has 0 saturated carbocycles. The lowest BCUT2D eigenvalue weighted by Gasteiger charge is -2.17. The summed E-state index contributed by atoms with van der Waals surface area (Å²) in [5, 5.41) is 1.89. The molecule has 3 aromatic rings. The normalized spacial score (nSPS) is 12.0. The SMILES string of the molecule is CN(CCCc1ccc(CN)nc1)CCNS(=O)(=O)c1ccc2ccccc2c1Cl. The van der Waals surface area contributed by atoms with Gasteiger partial charge in [-0.2, -0.15) is 0 Å². The van der Waals surface area contributed by atoms with Crippen LogP contribution in [0, 0.1) is 0 Å². The lowest BCUT2D eigenvalue weighted by Crippen LogP contribution is -2.33. The highest BCUT2D eigenvalue weighted by atomic mass is 35.5. The van der Waals surface area contributed by atoms with Crippen molar-refractivity contribution in [2.24, 2.45) is 5.73 Å². The van der Waals surface area contributed by atoms with E-state index in [1.54, 1.807) is 12.1 Å². The molecule has 8 heteroatoms. The molecule has 0 aliphatic rings. The van der Waals surface area contributed by atoms with Gasteiger partial charge in [0.2, 0.25) is 10.0 Å². The average Bonchev–Trinajstić information content (AvgIpc) is 2.74. The topological polar surface area (TPSA) is 88.3 Å². The van der Waals surface area contributed by atoms with E-state index in [1.165, 1.54) is 5.56 Å². The Balaban J connectivity index is 1.48. The van der Waals surface area contributed by atoms with Gasteiger partial charge in [0.25, 0.3) is 0 Å². The van der Waals surface area contributed by atoms with Crippen LogP contribution in [0.1, 0.15) is 17.7 Å². The van der Waals surface area contributed by atoms with E-state index >= 15 is 0 Å². The zero-order valence-electron chi connectivity index (χ0n) is 17.0. The van der Waals surface area contributed by atoms with Crippen molar-refractivity contribution in [1.82, 2.24) is 14.6 Å².